The number of carbonyl (C=O) groups is 1. The van der Waals surface area contributed by atoms with Crippen LogP contribution in [0, 0.1) is 0 Å². The van der Waals surface area contributed by atoms with Crippen LogP contribution in [-0.4, -0.2) is 62.1 Å². The van der Waals surface area contributed by atoms with Gasteiger partial charge in [0, 0.05) is 76.7 Å². The number of aryl methyl sites for hydroxylation is 1. The Hall–Kier alpha value is -2.94. The number of amides is 2. The van der Waals surface area contributed by atoms with Crippen LogP contribution in [0.1, 0.15) is 25.5 Å². The summed E-state index contributed by atoms with van der Waals surface area (Å²) in [6, 6.07) is 9.91. The van der Waals surface area contributed by atoms with E-state index in [9.17, 15) is 9.00 Å². The van der Waals surface area contributed by atoms with Crippen molar-refractivity contribution in [2.45, 2.75) is 31.7 Å². The molecule has 168 valence electrons. The summed E-state index contributed by atoms with van der Waals surface area (Å²) in [5, 5.41) is 8.72. The fraction of sp³-hybridized carbons (Fsp3) is 0.435. The summed E-state index contributed by atoms with van der Waals surface area (Å²) >= 11 is 0. The standard InChI is InChI=1S/C23H28N6O2S/c1-4-24-22(30)28-9-7-23(15-28)8-10-29-21(23)13-20(26-29)17-11-16-12-18(27-32(2,3)31)5-6-19(16)25-14-17/h5-6,11-14H,4,7-10,15H2,1-3H3,(H,24,30). The molecule has 1 fully saturated rings. The Morgan fingerprint density at radius 2 is 2.03 bits per heavy atom. The summed E-state index contributed by atoms with van der Waals surface area (Å²) in [7, 11) is -2.23. The summed E-state index contributed by atoms with van der Waals surface area (Å²) in [6.07, 6.45) is 7.08. The summed E-state index contributed by atoms with van der Waals surface area (Å²) < 4.78 is 18.5. The average molecular weight is 453 g/mol. The van der Waals surface area contributed by atoms with Gasteiger partial charge < -0.3 is 10.2 Å². The first-order valence-corrected chi connectivity index (χ1v) is 13.3. The van der Waals surface area contributed by atoms with Gasteiger partial charge in [-0.3, -0.25) is 9.67 Å². The van der Waals surface area contributed by atoms with Crippen molar-refractivity contribution in [1.29, 1.82) is 0 Å². The van der Waals surface area contributed by atoms with E-state index < -0.39 is 9.73 Å². The minimum atomic E-state index is -2.23. The summed E-state index contributed by atoms with van der Waals surface area (Å²) in [5.74, 6) is 0. The highest BCUT2D eigenvalue weighted by atomic mass is 32.2. The number of likely N-dealkylation sites (tertiary alicyclic amines) is 1. The highest BCUT2D eigenvalue weighted by molar-refractivity contribution is 7.92. The molecule has 1 atom stereocenters. The van der Waals surface area contributed by atoms with Crippen molar-refractivity contribution < 1.29 is 9.00 Å². The first kappa shape index (κ1) is 20.9. The second-order valence-corrected chi connectivity index (χ2v) is 11.6. The Morgan fingerprint density at radius 1 is 1.22 bits per heavy atom. The molecule has 5 rings (SSSR count). The Balaban J connectivity index is 1.47. The molecule has 1 unspecified atom stereocenters. The van der Waals surface area contributed by atoms with Gasteiger partial charge in [-0.15, -0.1) is 0 Å². The number of fused-ring (bicyclic) bond motifs is 3. The molecule has 32 heavy (non-hydrogen) atoms. The molecule has 1 aromatic carbocycles. The number of nitrogens with zero attached hydrogens (tertiary/aromatic N) is 5. The quantitative estimate of drug-likeness (QED) is 0.658. The second-order valence-electron chi connectivity index (χ2n) is 9.05. The fourth-order valence-electron chi connectivity index (χ4n) is 4.89. The number of carbonyl (C=O) groups excluding carboxylic acids is 1. The minimum absolute atomic E-state index is 0.0187. The Kier molecular flexibility index (Phi) is 4.96. The van der Waals surface area contributed by atoms with Crippen LogP contribution in [0.3, 0.4) is 0 Å². The molecule has 2 aromatic heterocycles. The van der Waals surface area contributed by atoms with Crippen molar-refractivity contribution in [3.05, 3.63) is 42.2 Å². The van der Waals surface area contributed by atoms with Gasteiger partial charge in [-0.2, -0.15) is 9.46 Å². The van der Waals surface area contributed by atoms with E-state index in [1.165, 1.54) is 5.69 Å². The number of aromatic nitrogens is 3. The lowest BCUT2D eigenvalue weighted by atomic mass is 9.82. The van der Waals surface area contributed by atoms with E-state index in [0.29, 0.717) is 12.2 Å². The molecule has 0 saturated carbocycles. The summed E-state index contributed by atoms with van der Waals surface area (Å²) in [4.78, 5) is 18.8. The molecule has 8 nitrogen and oxygen atoms in total. The average Bonchev–Trinajstić information content (AvgIpc) is 3.43. The van der Waals surface area contributed by atoms with Crippen molar-refractivity contribution in [2.24, 2.45) is 4.36 Å². The fourth-order valence-corrected chi connectivity index (χ4v) is 5.52. The van der Waals surface area contributed by atoms with Gasteiger partial charge in [0.05, 0.1) is 16.9 Å². The third kappa shape index (κ3) is 3.74. The van der Waals surface area contributed by atoms with Gasteiger partial charge in [0.2, 0.25) is 0 Å². The van der Waals surface area contributed by atoms with E-state index in [0.717, 1.165) is 54.6 Å². The van der Waals surface area contributed by atoms with Gasteiger partial charge in [0.15, 0.2) is 0 Å². The van der Waals surface area contributed by atoms with Gasteiger partial charge in [0.25, 0.3) is 0 Å². The van der Waals surface area contributed by atoms with Gasteiger partial charge in [0.1, 0.15) is 0 Å². The predicted molar refractivity (Wildman–Crippen MR) is 127 cm³/mol. The molecule has 2 aliphatic heterocycles. The second kappa shape index (κ2) is 7.58. The number of nitrogens with one attached hydrogen (secondary N) is 1. The van der Waals surface area contributed by atoms with E-state index in [-0.39, 0.29) is 11.4 Å². The molecular weight excluding hydrogens is 424 g/mol. The Labute approximate surface area is 188 Å². The van der Waals surface area contributed by atoms with Crippen LogP contribution in [-0.2, 0) is 21.7 Å². The van der Waals surface area contributed by atoms with Gasteiger partial charge in [-0.25, -0.2) is 9.00 Å². The maximum absolute atomic E-state index is 12.3. The maximum Gasteiger partial charge on any atom is 0.317 e. The lowest BCUT2D eigenvalue weighted by molar-refractivity contribution is 0.206. The number of benzene rings is 1. The molecule has 2 amide bonds. The first-order chi connectivity index (χ1) is 15.3. The molecule has 3 aromatic rings. The zero-order chi connectivity index (χ0) is 22.5. The largest absolute Gasteiger partial charge is 0.338 e. The molecule has 0 bridgehead atoms. The van der Waals surface area contributed by atoms with E-state index in [1.54, 1.807) is 12.5 Å². The monoisotopic (exact) mass is 452 g/mol. The normalized spacial score (nSPS) is 20.2. The third-order valence-corrected chi connectivity index (χ3v) is 7.03. The topological polar surface area (TPSA) is 92.5 Å². The van der Waals surface area contributed by atoms with E-state index >= 15 is 0 Å². The van der Waals surface area contributed by atoms with Gasteiger partial charge in [-0.05, 0) is 50.1 Å². The van der Waals surface area contributed by atoms with Gasteiger partial charge in [-0.1, -0.05) is 0 Å². The maximum atomic E-state index is 12.3. The molecule has 1 N–H and O–H groups in total. The first-order valence-electron chi connectivity index (χ1n) is 10.9. The zero-order valence-corrected chi connectivity index (χ0v) is 19.5. The zero-order valence-electron chi connectivity index (χ0n) is 18.7. The smallest absolute Gasteiger partial charge is 0.317 e. The predicted octanol–water partition coefficient (Wildman–Crippen LogP) is 3.53. The van der Waals surface area contributed by atoms with Crippen LogP contribution in [0.15, 0.2) is 40.9 Å². The van der Waals surface area contributed by atoms with Crippen LogP contribution in [0.5, 0.6) is 0 Å². The van der Waals surface area contributed by atoms with E-state index in [2.05, 4.69) is 31.5 Å². The third-order valence-electron chi connectivity index (χ3n) is 6.38. The summed E-state index contributed by atoms with van der Waals surface area (Å²) in [6.45, 7) is 4.95. The number of rotatable bonds is 3. The van der Waals surface area contributed by atoms with Crippen LogP contribution in [0.2, 0.25) is 0 Å². The molecule has 1 spiro atoms. The lowest BCUT2D eigenvalue weighted by Gasteiger charge is -2.23. The van der Waals surface area contributed by atoms with Crippen LogP contribution in [0.25, 0.3) is 22.2 Å². The lowest BCUT2D eigenvalue weighted by Crippen LogP contribution is -2.40. The SMILES string of the molecule is CCNC(=O)N1CCC2(CCn3nc(-c4cnc5ccc(N=S(C)(C)=O)cc5c4)cc32)C1. The molecular formula is C23H28N6O2S. The van der Waals surface area contributed by atoms with Crippen molar-refractivity contribution in [3.63, 3.8) is 0 Å². The van der Waals surface area contributed by atoms with Crippen molar-refractivity contribution in [2.75, 3.05) is 32.1 Å². The molecule has 9 heteroatoms. The minimum Gasteiger partial charge on any atom is -0.338 e. The highest BCUT2D eigenvalue weighted by Crippen LogP contribution is 2.43. The summed E-state index contributed by atoms with van der Waals surface area (Å²) in [5.41, 5.74) is 4.58. The number of hydrogen-bond donors (Lipinski definition) is 1. The van der Waals surface area contributed by atoms with E-state index in [1.807, 2.05) is 36.2 Å². The molecule has 0 radical (unpaired) electrons. The Bertz CT molecular complexity index is 1330. The van der Waals surface area contributed by atoms with Crippen LogP contribution in [0.4, 0.5) is 10.5 Å². The molecule has 1 saturated heterocycles. The highest BCUT2D eigenvalue weighted by Gasteiger charge is 2.46. The Morgan fingerprint density at radius 3 is 2.81 bits per heavy atom. The number of pyridine rings is 1. The molecule has 4 heterocycles. The van der Waals surface area contributed by atoms with E-state index in [4.69, 9.17) is 5.10 Å². The number of urea groups is 1. The van der Waals surface area contributed by atoms with Crippen LogP contribution < -0.4 is 5.32 Å². The molecule has 2 aliphatic rings. The van der Waals surface area contributed by atoms with Crippen LogP contribution >= 0.6 is 0 Å². The molecule has 0 aliphatic carbocycles. The van der Waals surface area contributed by atoms with Gasteiger partial charge >= 0.3 is 6.03 Å². The van der Waals surface area contributed by atoms with Crippen molar-refractivity contribution in [1.82, 2.24) is 25.0 Å². The van der Waals surface area contributed by atoms with Crippen molar-refractivity contribution >= 4 is 32.4 Å². The van der Waals surface area contributed by atoms with Crippen molar-refractivity contribution in [3.8, 4) is 11.3 Å². The number of hydrogen-bond acceptors (Lipinski definition) is 5.